The summed E-state index contributed by atoms with van der Waals surface area (Å²) in [6.07, 6.45) is 3.48. The zero-order valence-electron chi connectivity index (χ0n) is 9.33. The van der Waals surface area contributed by atoms with E-state index in [0.717, 1.165) is 26.1 Å². The van der Waals surface area contributed by atoms with Gasteiger partial charge in [-0.05, 0) is 37.3 Å². The van der Waals surface area contributed by atoms with E-state index < -0.39 is 0 Å². The van der Waals surface area contributed by atoms with Gasteiger partial charge in [-0.25, -0.2) is 0 Å². The monoisotopic (exact) mass is 202 g/mol. The number of hydrogen-bond acceptors (Lipinski definition) is 1. The lowest BCUT2D eigenvalue weighted by Gasteiger charge is -2.18. The first kappa shape index (κ1) is 10.4. The molecule has 1 heterocycles. The molecule has 1 aromatic carbocycles. The van der Waals surface area contributed by atoms with Crippen molar-refractivity contribution < 1.29 is 4.74 Å². The van der Waals surface area contributed by atoms with E-state index in [2.05, 4.69) is 37.3 Å². The Morgan fingerprint density at radius 2 is 1.93 bits per heavy atom. The lowest BCUT2D eigenvalue weighted by Crippen LogP contribution is -2.09. The Morgan fingerprint density at radius 1 is 1.13 bits per heavy atom. The first-order chi connectivity index (χ1) is 7.36. The van der Waals surface area contributed by atoms with Crippen LogP contribution in [-0.4, -0.2) is 13.2 Å². The van der Waals surface area contributed by atoms with Crippen LogP contribution in [0.15, 0.2) is 41.5 Å². The Labute approximate surface area is 91.8 Å². The standard InChI is InChI=1S/C14H18O/c1-12-11-15-10-9-14(12)8-7-13-5-3-2-4-6-13/h2-6H,7-11H2,1H3. The third kappa shape index (κ3) is 2.93. The van der Waals surface area contributed by atoms with Crippen LogP contribution in [0.2, 0.25) is 0 Å². The first-order valence-corrected chi connectivity index (χ1v) is 5.65. The molecule has 0 N–H and O–H groups in total. The van der Waals surface area contributed by atoms with Crippen molar-refractivity contribution in [2.75, 3.05) is 13.2 Å². The molecule has 0 aromatic heterocycles. The van der Waals surface area contributed by atoms with Gasteiger partial charge in [-0.2, -0.15) is 0 Å². The maximum atomic E-state index is 5.41. The Balaban J connectivity index is 1.93. The van der Waals surface area contributed by atoms with Crippen molar-refractivity contribution in [1.82, 2.24) is 0 Å². The molecule has 0 unspecified atom stereocenters. The van der Waals surface area contributed by atoms with Gasteiger partial charge in [0.2, 0.25) is 0 Å². The van der Waals surface area contributed by atoms with Gasteiger partial charge in [0.05, 0.1) is 13.2 Å². The molecule has 0 amide bonds. The molecule has 0 saturated heterocycles. The Kier molecular flexibility index (Phi) is 3.57. The van der Waals surface area contributed by atoms with Crippen LogP contribution in [-0.2, 0) is 11.2 Å². The van der Waals surface area contributed by atoms with E-state index in [1.165, 1.54) is 17.6 Å². The normalized spacial score (nSPS) is 16.9. The number of ether oxygens (including phenoxy) is 1. The molecule has 0 aliphatic carbocycles. The van der Waals surface area contributed by atoms with Gasteiger partial charge in [-0.15, -0.1) is 0 Å². The second-order valence-corrected chi connectivity index (χ2v) is 4.17. The molecule has 1 aromatic rings. The minimum Gasteiger partial charge on any atom is -0.377 e. The van der Waals surface area contributed by atoms with Gasteiger partial charge in [0.25, 0.3) is 0 Å². The average Bonchev–Trinajstić information content (AvgIpc) is 2.29. The molecule has 1 nitrogen and oxygen atoms in total. The molecule has 0 fully saturated rings. The number of aryl methyl sites for hydroxylation is 1. The summed E-state index contributed by atoms with van der Waals surface area (Å²) in [4.78, 5) is 0. The van der Waals surface area contributed by atoms with Crippen molar-refractivity contribution >= 4 is 0 Å². The molecule has 0 saturated carbocycles. The SMILES string of the molecule is CC1=C(CCc2ccccc2)CCOC1. The molecule has 0 spiro atoms. The van der Waals surface area contributed by atoms with E-state index in [1.807, 2.05) is 0 Å². The maximum absolute atomic E-state index is 5.41. The minimum atomic E-state index is 0.837. The van der Waals surface area contributed by atoms with Crippen LogP contribution >= 0.6 is 0 Å². The van der Waals surface area contributed by atoms with Crippen molar-refractivity contribution in [1.29, 1.82) is 0 Å². The molecule has 0 atom stereocenters. The molecular weight excluding hydrogens is 184 g/mol. The summed E-state index contributed by atoms with van der Waals surface area (Å²) >= 11 is 0. The van der Waals surface area contributed by atoms with Crippen LogP contribution in [0.5, 0.6) is 0 Å². The summed E-state index contributed by atoms with van der Waals surface area (Å²) in [5.74, 6) is 0. The van der Waals surface area contributed by atoms with Crippen LogP contribution in [0, 0.1) is 0 Å². The van der Waals surface area contributed by atoms with E-state index >= 15 is 0 Å². The van der Waals surface area contributed by atoms with Crippen LogP contribution in [0.3, 0.4) is 0 Å². The van der Waals surface area contributed by atoms with Crippen LogP contribution in [0.25, 0.3) is 0 Å². The summed E-state index contributed by atoms with van der Waals surface area (Å²) in [5, 5.41) is 0. The highest BCUT2D eigenvalue weighted by Gasteiger charge is 2.08. The Morgan fingerprint density at radius 3 is 2.67 bits per heavy atom. The van der Waals surface area contributed by atoms with Crippen LogP contribution < -0.4 is 0 Å². The second-order valence-electron chi connectivity index (χ2n) is 4.17. The van der Waals surface area contributed by atoms with Gasteiger partial charge in [0, 0.05) is 0 Å². The van der Waals surface area contributed by atoms with Gasteiger partial charge in [-0.3, -0.25) is 0 Å². The van der Waals surface area contributed by atoms with E-state index in [9.17, 15) is 0 Å². The fourth-order valence-electron chi connectivity index (χ4n) is 2.01. The van der Waals surface area contributed by atoms with E-state index in [0.29, 0.717) is 0 Å². The third-order valence-corrected chi connectivity index (χ3v) is 3.03. The number of hydrogen-bond donors (Lipinski definition) is 0. The molecule has 0 radical (unpaired) electrons. The Bertz CT molecular complexity index is 338. The highest BCUT2D eigenvalue weighted by molar-refractivity contribution is 5.20. The zero-order chi connectivity index (χ0) is 10.5. The van der Waals surface area contributed by atoms with Gasteiger partial charge < -0.3 is 4.74 Å². The molecule has 15 heavy (non-hydrogen) atoms. The molecule has 0 bridgehead atoms. The number of rotatable bonds is 3. The zero-order valence-corrected chi connectivity index (χ0v) is 9.33. The van der Waals surface area contributed by atoms with Crippen molar-refractivity contribution in [2.24, 2.45) is 0 Å². The van der Waals surface area contributed by atoms with Gasteiger partial charge in [-0.1, -0.05) is 35.9 Å². The largest absolute Gasteiger partial charge is 0.377 e. The molecule has 1 aliphatic rings. The predicted molar refractivity (Wildman–Crippen MR) is 62.9 cm³/mol. The highest BCUT2D eigenvalue weighted by atomic mass is 16.5. The smallest absolute Gasteiger partial charge is 0.0676 e. The van der Waals surface area contributed by atoms with E-state index in [4.69, 9.17) is 4.74 Å². The molecule has 80 valence electrons. The maximum Gasteiger partial charge on any atom is 0.0676 e. The van der Waals surface area contributed by atoms with Crippen molar-refractivity contribution in [2.45, 2.75) is 26.2 Å². The van der Waals surface area contributed by atoms with Crippen LogP contribution in [0.4, 0.5) is 0 Å². The topological polar surface area (TPSA) is 9.23 Å². The van der Waals surface area contributed by atoms with Crippen molar-refractivity contribution in [3.05, 3.63) is 47.0 Å². The summed E-state index contributed by atoms with van der Waals surface area (Å²) in [7, 11) is 0. The summed E-state index contributed by atoms with van der Waals surface area (Å²) in [6.45, 7) is 3.94. The second kappa shape index (κ2) is 5.13. The van der Waals surface area contributed by atoms with Crippen molar-refractivity contribution in [3.8, 4) is 0 Å². The van der Waals surface area contributed by atoms with Crippen LogP contribution in [0.1, 0.15) is 25.3 Å². The minimum absolute atomic E-state index is 0.837. The lowest BCUT2D eigenvalue weighted by atomic mass is 9.97. The molecule has 1 aliphatic heterocycles. The fraction of sp³-hybridized carbons (Fsp3) is 0.429. The molecular formula is C14H18O. The van der Waals surface area contributed by atoms with Gasteiger partial charge >= 0.3 is 0 Å². The quantitative estimate of drug-likeness (QED) is 0.683. The Hall–Kier alpha value is -1.08. The highest BCUT2D eigenvalue weighted by Crippen LogP contribution is 2.20. The van der Waals surface area contributed by atoms with Gasteiger partial charge in [0.15, 0.2) is 0 Å². The summed E-state index contributed by atoms with van der Waals surface area (Å²) in [5.41, 5.74) is 4.48. The van der Waals surface area contributed by atoms with Gasteiger partial charge in [0.1, 0.15) is 0 Å². The first-order valence-electron chi connectivity index (χ1n) is 5.65. The van der Waals surface area contributed by atoms with Crippen molar-refractivity contribution in [3.63, 3.8) is 0 Å². The fourth-order valence-corrected chi connectivity index (χ4v) is 2.01. The summed E-state index contributed by atoms with van der Waals surface area (Å²) < 4.78 is 5.41. The van der Waals surface area contributed by atoms with E-state index in [1.54, 1.807) is 5.57 Å². The number of benzene rings is 1. The average molecular weight is 202 g/mol. The summed E-state index contributed by atoms with van der Waals surface area (Å²) in [6, 6.07) is 10.7. The predicted octanol–water partition coefficient (Wildman–Crippen LogP) is 3.36. The lowest BCUT2D eigenvalue weighted by molar-refractivity contribution is 0.145. The molecule has 2 rings (SSSR count). The van der Waals surface area contributed by atoms with E-state index in [-0.39, 0.29) is 0 Å². The molecule has 1 heteroatoms. The third-order valence-electron chi connectivity index (χ3n) is 3.03.